The van der Waals surface area contributed by atoms with Gasteiger partial charge in [0.25, 0.3) is 0 Å². The number of rotatable bonds is 3. The Morgan fingerprint density at radius 2 is 2.50 bits per heavy atom. The van der Waals surface area contributed by atoms with Gasteiger partial charge in [-0.1, -0.05) is 6.92 Å². The summed E-state index contributed by atoms with van der Waals surface area (Å²) in [6.45, 7) is 1.95. The molecule has 0 aliphatic rings. The van der Waals surface area contributed by atoms with Gasteiger partial charge < -0.3 is 4.80 Å². The molecule has 0 aromatic rings. The van der Waals surface area contributed by atoms with E-state index >= 15 is 0 Å². The molecule has 0 aliphatic heterocycles. The maximum atomic E-state index is 8.38. The Labute approximate surface area is 52.1 Å². The summed E-state index contributed by atoms with van der Waals surface area (Å²) in [6.07, 6.45) is 0.851. The third-order valence-electron chi connectivity index (χ3n) is 1.01. The van der Waals surface area contributed by atoms with E-state index in [4.69, 9.17) is 10.1 Å². The van der Waals surface area contributed by atoms with Crippen molar-refractivity contribution < 1.29 is 4.80 Å². The van der Waals surface area contributed by atoms with Crippen molar-refractivity contribution in [3.63, 3.8) is 0 Å². The molecule has 1 unspecified atom stereocenters. The van der Waals surface area contributed by atoms with Crippen molar-refractivity contribution in [1.29, 1.82) is 5.26 Å². The Bertz CT molecular complexity index is 88.9. The van der Waals surface area contributed by atoms with Gasteiger partial charge in [0.1, 0.15) is 0 Å². The van der Waals surface area contributed by atoms with Crippen LogP contribution in [0.25, 0.3) is 0 Å². The first-order valence-electron chi connectivity index (χ1n) is 2.61. The fourth-order valence-electron chi connectivity index (χ4n) is 0.391. The molecule has 0 saturated carbocycles. The molecule has 2 nitrogen and oxygen atoms in total. The van der Waals surface area contributed by atoms with Gasteiger partial charge in [-0.05, 0) is 12.5 Å². The number of nitrogens with zero attached hydrogens (tertiary/aromatic N) is 1. The van der Waals surface area contributed by atoms with E-state index in [9.17, 15) is 0 Å². The molecule has 0 bridgehead atoms. The van der Waals surface area contributed by atoms with Gasteiger partial charge in [0.2, 0.25) is 9.76 Å². The number of nitriles is 1. The minimum atomic E-state index is -0.0708. The predicted octanol–water partition coefficient (Wildman–Crippen LogP) is 0.566. The lowest BCUT2D eigenvalue weighted by molar-refractivity contribution is 0.577. The van der Waals surface area contributed by atoms with Crippen molar-refractivity contribution in [1.82, 2.24) is 0 Å². The lowest BCUT2D eigenvalue weighted by atomic mass is 10.1. The van der Waals surface area contributed by atoms with Crippen LogP contribution in [0.4, 0.5) is 0 Å². The van der Waals surface area contributed by atoms with Crippen LogP contribution in [0.3, 0.4) is 0 Å². The average Bonchev–Trinajstić information content (AvgIpc) is 1.83. The molecule has 0 saturated heterocycles. The third-order valence-corrected chi connectivity index (χ3v) is 1.69. The average molecular weight is 127 g/mol. The van der Waals surface area contributed by atoms with E-state index in [0.29, 0.717) is 6.04 Å². The summed E-state index contributed by atoms with van der Waals surface area (Å²) in [5.74, 6) is 0.0679. The van der Waals surface area contributed by atoms with Crippen molar-refractivity contribution >= 4 is 9.76 Å². The van der Waals surface area contributed by atoms with Crippen LogP contribution < -0.4 is 0 Å². The molecule has 0 aromatic carbocycles. The first-order valence-corrected chi connectivity index (χ1v) is 3.77. The van der Waals surface area contributed by atoms with Crippen LogP contribution in [-0.4, -0.2) is 14.6 Å². The summed E-state index contributed by atoms with van der Waals surface area (Å²) in [5, 5.41) is 8.30. The van der Waals surface area contributed by atoms with E-state index < -0.39 is 0 Å². The van der Waals surface area contributed by atoms with Gasteiger partial charge in [-0.2, -0.15) is 5.26 Å². The largest absolute Gasteiger partial charge is 0.432 e. The van der Waals surface area contributed by atoms with E-state index in [2.05, 4.69) is 6.07 Å². The van der Waals surface area contributed by atoms with Gasteiger partial charge in [-0.3, -0.25) is 0 Å². The molecule has 0 fully saturated rings. The van der Waals surface area contributed by atoms with E-state index in [1.165, 1.54) is 0 Å². The third kappa shape index (κ3) is 2.78. The molecule has 0 heterocycles. The molecule has 1 atom stereocenters. The minimum Gasteiger partial charge on any atom is -0.432 e. The van der Waals surface area contributed by atoms with E-state index in [1.807, 2.05) is 6.92 Å². The van der Waals surface area contributed by atoms with Gasteiger partial charge in [0, 0.05) is 5.92 Å². The van der Waals surface area contributed by atoms with Gasteiger partial charge >= 0.3 is 0 Å². The van der Waals surface area contributed by atoms with E-state index in [1.54, 1.807) is 0 Å². The zero-order valence-corrected chi connectivity index (χ0v) is 5.89. The highest BCUT2D eigenvalue weighted by Crippen LogP contribution is 2.04. The second kappa shape index (κ2) is 4.82. The van der Waals surface area contributed by atoms with Gasteiger partial charge in [-0.15, -0.1) is 0 Å². The SMILES string of the molecule is CCC(C#N)C[Si]O. The fraction of sp³-hybridized carbons (Fsp3) is 0.800. The van der Waals surface area contributed by atoms with Crippen LogP contribution in [0.15, 0.2) is 0 Å². The standard InChI is InChI=1S/C5H9NOSi/c1-2-5(3-6)4-8-7/h5,7H,2,4H2,1H3. The molecule has 2 radical (unpaired) electrons. The highest BCUT2D eigenvalue weighted by molar-refractivity contribution is 6.25. The summed E-state index contributed by atoms with van der Waals surface area (Å²) in [4.78, 5) is 8.38. The number of hydrogen-bond donors (Lipinski definition) is 1. The van der Waals surface area contributed by atoms with Gasteiger partial charge in [0.15, 0.2) is 0 Å². The number of hydrogen-bond acceptors (Lipinski definition) is 2. The maximum absolute atomic E-state index is 8.38. The van der Waals surface area contributed by atoms with Crippen LogP contribution in [0, 0.1) is 17.2 Å². The lowest BCUT2D eigenvalue weighted by Crippen LogP contribution is -1.98. The molecule has 0 spiro atoms. The van der Waals surface area contributed by atoms with Crippen molar-refractivity contribution in [3.8, 4) is 6.07 Å². The molecule has 8 heavy (non-hydrogen) atoms. The van der Waals surface area contributed by atoms with Crippen LogP contribution in [-0.2, 0) is 0 Å². The van der Waals surface area contributed by atoms with Gasteiger partial charge in [-0.25, -0.2) is 0 Å². The van der Waals surface area contributed by atoms with Crippen molar-refractivity contribution in [2.45, 2.75) is 19.4 Å². The van der Waals surface area contributed by atoms with Crippen LogP contribution in [0.2, 0.25) is 6.04 Å². The smallest absolute Gasteiger partial charge is 0.225 e. The second-order valence-corrected chi connectivity index (χ2v) is 2.32. The Morgan fingerprint density at radius 3 is 2.62 bits per heavy atom. The van der Waals surface area contributed by atoms with E-state index in [-0.39, 0.29) is 15.7 Å². The molecular weight excluding hydrogens is 118 g/mol. The normalized spacial score (nSPS) is 12.6. The predicted molar refractivity (Wildman–Crippen MR) is 32.2 cm³/mol. The summed E-state index contributed by atoms with van der Waals surface area (Å²) in [6, 6.07) is 2.75. The Kier molecular flexibility index (Phi) is 4.62. The Morgan fingerprint density at radius 1 is 1.88 bits per heavy atom. The molecule has 0 rings (SSSR count). The molecule has 0 aliphatic carbocycles. The zero-order valence-electron chi connectivity index (χ0n) is 4.89. The topological polar surface area (TPSA) is 44.0 Å². The first-order chi connectivity index (χ1) is 3.85. The fourth-order valence-corrected chi connectivity index (χ4v) is 0.992. The monoisotopic (exact) mass is 127 g/mol. The van der Waals surface area contributed by atoms with Crippen molar-refractivity contribution in [2.75, 3.05) is 0 Å². The highest BCUT2D eigenvalue weighted by Gasteiger charge is 2.01. The lowest BCUT2D eigenvalue weighted by Gasteiger charge is -1.97. The minimum absolute atomic E-state index is 0.0679. The van der Waals surface area contributed by atoms with Gasteiger partial charge in [0.05, 0.1) is 6.07 Å². The van der Waals surface area contributed by atoms with Crippen LogP contribution in [0.1, 0.15) is 13.3 Å². The molecule has 3 heteroatoms. The maximum Gasteiger partial charge on any atom is 0.225 e. The molecule has 0 aromatic heterocycles. The zero-order chi connectivity index (χ0) is 6.41. The van der Waals surface area contributed by atoms with Crippen LogP contribution >= 0.6 is 0 Å². The summed E-state index contributed by atoms with van der Waals surface area (Å²) in [7, 11) is -0.0708. The highest BCUT2D eigenvalue weighted by atomic mass is 28.2. The van der Waals surface area contributed by atoms with Crippen LogP contribution in [0.5, 0.6) is 0 Å². The molecule has 1 N–H and O–H groups in total. The quantitative estimate of drug-likeness (QED) is 0.563. The first kappa shape index (κ1) is 7.67. The molecule has 0 amide bonds. The summed E-state index contributed by atoms with van der Waals surface area (Å²) >= 11 is 0. The van der Waals surface area contributed by atoms with Crippen molar-refractivity contribution in [3.05, 3.63) is 0 Å². The van der Waals surface area contributed by atoms with Crippen molar-refractivity contribution in [2.24, 2.45) is 5.92 Å². The van der Waals surface area contributed by atoms with E-state index in [0.717, 1.165) is 6.42 Å². The summed E-state index contributed by atoms with van der Waals surface area (Å²) < 4.78 is 0. The molecular formula is C5H9NOSi. The Balaban J connectivity index is 3.26. The Hall–Kier alpha value is -0.333. The molecule has 44 valence electrons. The second-order valence-electron chi connectivity index (χ2n) is 1.60. The summed E-state index contributed by atoms with van der Waals surface area (Å²) in [5.41, 5.74) is 0.